The Kier molecular flexibility index (Phi) is 11.0. The molecule has 4 aromatic rings. The molecule has 4 aromatic carbocycles. The molecule has 9 heteroatoms. The fourth-order valence-electron chi connectivity index (χ4n) is 5.03. The fraction of sp³-hybridized carbons (Fsp3) is 0.257. The van der Waals surface area contributed by atoms with Crippen molar-refractivity contribution in [1.82, 2.24) is 10.2 Å². The van der Waals surface area contributed by atoms with E-state index in [2.05, 4.69) is 21.2 Å². The van der Waals surface area contributed by atoms with Crippen LogP contribution in [-0.4, -0.2) is 44.3 Å². The van der Waals surface area contributed by atoms with Crippen LogP contribution in [0.3, 0.4) is 0 Å². The number of rotatable bonds is 12. The minimum Gasteiger partial charge on any atom is -0.355 e. The molecule has 0 saturated heterocycles. The van der Waals surface area contributed by atoms with Gasteiger partial charge < -0.3 is 10.2 Å². The van der Waals surface area contributed by atoms with Crippen molar-refractivity contribution in [2.75, 3.05) is 17.4 Å². The zero-order valence-corrected chi connectivity index (χ0v) is 27.9. The summed E-state index contributed by atoms with van der Waals surface area (Å²) >= 11 is 3.51. The number of hydrogen-bond acceptors (Lipinski definition) is 4. The number of carbonyl (C=O) groups is 2. The van der Waals surface area contributed by atoms with Crippen LogP contribution in [-0.2, 0) is 32.6 Å². The SMILES string of the molecule is CCNC(=O)[C@H](Cc1ccccc1)N(Cc1cccc(Br)c1)C(=O)CN(c1cccc(C)c1C)S(=O)(=O)c1ccc(C)cc1. The second kappa shape index (κ2) is 14.7. The normalized spacial score (nSPS) is 11.9. The van der Waals surface area contributed by atoms with Crippen LogP contribution < -0.4 is 9.62 Å². The quantitative estimate of drug-likeness (QED) is 0.190. The van der Waals surface area contributed by atoms with Gasteiger partial charge in [0, 0.05) is 24.0 Å². The minimum atomic E-state index is -4.16. The van der Waals surface area contributed by atoms with E-state index in [1.807, 2.05) is 88.4 Å². The van der Waals surface area contributed by atoms with Crippen LogP contribution in [0.4, 0.5) is 5.69 Å². The average molecular weight is 677 g/mol. The molecule has 230 valence electrons. The molecule has 0 spiro atoms. The highest BCUT2D eigenvalue weighted by Crippen LogP contribution is 2.29. The maximum atomic E-state index is 14.5. The maximum Gasteiger partial charge on any atom is 0.264 e. The lowest BCUT2D eigenvalue weighted by Crippen LogP contribution is -2.53. The Morgan fingerprint density at radius 3 is 2.16 bits per heavy atom. The largest absolute Gasteiger partial charge is 0.355 e. The number of amides is 2. The number of likely N-dealkylation sites (N-methyl/N-ethyl adjacent to an activating group) is 1. The van der Waals surface area contributed by atoms with E-state index in [9.17, 15) is 18.0 Å². The van der Waals surface area contributed by atoms with Gasteiger partial charge in [0.15, 0.2) is 0 Å². The van der Waals surface area contributed by atoms with E-state index in [-0.39, 0.29) is 23.8 Å². The number of halogens is 1. The van der Waals surface area contributed by atoms with Gasteiger partial charge in [-0.05, 0) is 80.3 Å². The van der Waals surface area contributed by atoms with Crippen LogP contribution in [0.15, 0.2) is 106 Å². The second-order valence-electron chi connectivity index (χ2n) is 10.8. The standard InChI is InChI=1S/C35H38BrN3O4S/c1-5-37-35(41)33(22-28-12-7-6-8-13-28)38(23-29-14-10-15-30(36)21-29)34(40)24-39(32-16-9-11-26(3)27(32)4)44(42,43)31-19-17-25(2)18-20-31/h6-21,33H,5,22-24H2,1-4H3,(H,37,41)/t33-/m0/s1. The number of carbonyl (C=O) groups excluding carboxylic acids is 2. The molecule has 0 aromatic heterocycles. The van der Waals surface area contributed by atoms with E-state index >= 15 is 0 Å². The highest BCUT2D eigenvalue weighted by molar-refractivity contribution is 9.10. The number of benzene rings is 4. The van der Waals surface area contributed by atoms with Gasteiger partial charge in [-0.25, -0.2) is 8.42 Å². The highest BCUT2D eigenvalue weighted by atomic mass is 79.9. The predicted molar refractivity (Wildman–Crippen MR) is 179 cm³/mol. The molecule has 0 radical (unpaired) electrons. The van der Waals surface area contributed by atoms with Crippen molar-refractivity contribution in [1.29, 1.82) is 0 Å². The molecular formula is C35H38BrN3O4S. The van der Waals surface area contributed by atoms with Crippen LogP contribution in [0.2, 0.25) is 0 Å². The summed E-state index contributed by atoms with van der Waals surface area (Å²) in [4.78, 5) is 29.7. The lowest BCUT2D eigenvalue weighted by molar-refractivity contribution is -0.140. The van der Waals surface area contributed by atoms with Gasteiger partial charge in [-0.2, -0.15) is 0 Å². The van der Waals surface area contributed by atoms with E-state index in [1.165, 1.54) is 9.21 Å². The molecule has 0 fully saturated rings. The Hall–Kier alpha value is -3.95. The van der Waals surface area contributed by atoms with Crippen LogP contribution in [0, 0.1) is 20.8 Å². The monoisotopic (exact) mass is 675 g/mol. The van der Waals surface area contributed by atoms with Gasteiger partial charge in [-0.1, -0.05) is 88.2 Å². The van der Waals surface area contributed by atoms with Crippen LogP contribution in [0.1, 0.15) is 34.7 Å². The molecule has 0 saturated carbocycles. The number of anilines is 1. The number of nitrogens with one attached hydrogen (secondary N) is 1. The van der Waals surface area contributed by atoms with Crippen molar-refractivity contribution in [2.24, 2.45) is 0 Å². The molecule has 0 aliphatic heterocycles. The first-order chi connectivity index (χ1) is 21.0. The van der Waals surface area contributed by atoms with Crippen LogP contribution >= 0.6 is 15.9 Å². The lowest BCUT2D eigenvalue weighted by Gasteiger charge is -2.34. The Bertz CT molecular complexity index is 1710. The number of nitrogens with zero attached hydrogens (tertiary/aromatic N) is 2. The maximum absolute atomic E-state index is 14.5. The molecule has 0 heterocycles. The topological polar surface area (TPSA) is 86.8 Å². The van der Waals surface area contributed by atoms with Crippen molar-refractivity contribution in [3.8, 4) is 0 Å². The summed E-state index contributed by atoms with van der Waals surface area (Å²) < 4.78 is 30.5. The molecule has 7 nitrogen and oxygen atoms in total. The Morgan fingerprint density at radius 2 is 1.50 bits per heavy atom. The highest BCUT2D eigenvalue weighted by Gasteiger charge is 2.35. The van der Waals surface area contributed by atoms with E-state index in [1.54, 1.807) is 36.4 Å². The summed E-state index contributed by atoms with van der Waals surface area (Å²) in [7, 11) is -4.16. The molecule has 44 heavy (non-hydrogen) atoms. The zero-order valence-electron chi connectivity index (χ0n) is 25.5. The fourth-order valence-corrected chi connectivity index (χ4v) is 6.95. The van der Waals surface area contributed by atoms with E-state index in [0.717, 1.165) is 32.3 Å². The number of aryl methyl sites for hydroxylation is 2. The smallest absolute Gasteiger partial charge is 0.264 e. The van der Waals surface area contributed by atoms with Crippen molar-refractivity contribution in [3.63, 3.8) is 0 Å². The molecule has 0 unspecified atom stereocenters. The Balaban J connectivity index is 1.83. The van der Waals surface area contributed by atoms with E-state index < -0.39 is 28.5 Å². The van der Waals surface area contributed by atoms with Gasteiger partial charge in [-0.3, -0.25) is 13.9 Å². The van der Waals surface area contributed by atoms with Crippen molar-refractivity contribution in [3.05, 3.63) is 129 Å². The van der Waals surface area contributed by atoms with Crippen LogP contribution in [0.25, 0.3) is 0 Å². The summed E-state index contributed by atoms with van der Waals surface area (Å²) in [6, 6.07) is 28.1. The third-order valence-corrected chi connectivity index (χ3v) is 9.86. The van der Waals surface area contributed by atoms with E-state index in [4.69, 9.17) is 0 Å². The van der Waals surface area contributed by atoms with Crippen LogP contribution in [0.5, 0.6) is 0 Å². The summed E-state index contributed by atoms with van der Waals surface area (Å²) in [5, 5.41) is 2.89. The summed E-state index contributed by atoms with van der Waals surface area (Å²) in [5.41, 5.74) is 4.67. The van der Waals surface area contributed by atoms with Gasteiger partial charge in [0.05, 0.1) is 10.6 Å². The van der Waals surface area contributed by atoms with Gasteiger partial charge in [0.1, 0.15) is 12.6 Å². The first kappa shape index (κ1) is 33.0. The predicted octanol–water partition coefficient (Wildman–Crippen LogP) is 6.35. The Morgan fingerprint density at radius 1 is 0.841 bits per heavy atom. The third-order valence-electron chi connectivity index (χ3n) is 7.60. The molecule has 1 atom stereocenters. The zero-order chi connectivity index (χ0) is 31.9. The number of sulfonamides is 1. The summed E-state index contributed by atoms with van der Waals surface area (Å²) in [5.74, 6) is -0.798. The van der Waals surface area contributed by atoms with Gasteiger partial charge in [0.25, 0.3) is 10.0 Å². The van der Waals surface area contributed by atoms with Gasteiger partial charge in [0.2, 0.25) is 11.8 Å². The van der Waals surface area contributed by atoms with Crippen molar-refractivity contribution >= 4 is 43.5 Å². The Labute approximate surface area is 269 Å². The molecule has 4 rings (SSSR count). The van der Waals surface area contributed by atoms with Gasteiger partial charge in [-0.15, -0.1) is 0 Å². The lowest BCUT2D eigenvalue weighted by atomic mass is 10.0. The molecule has 0 bridgehead atoms. The molecule has 2 amide bonds. The molecule has 1 N–H and O–H groups in total. The number of hydrogen-bond donors (Lipinski definition) is 1. The second-order valence-corrected chi connectivity index (χ2v) is 13.6. The van der Waals surface area contributed by atoms with Crippen molar-refractivity contribution < 1.29 is 18.0 Å². The first-order valence-corrected chi connectivity index (χ1v) is 16.8. The van der Waals surface area contributed by atoms with E-state index in [0.29, 0.717) is 12.2 Å². The molecule has 0 aliphatic carbocycles. The summed E-state index contributed by atoms with van der Waals surface area (Å²) in [6.07, 6.45) is 0.264. The van der Waals surface area contributed by atoms with Crippen molar-refractivity contribution in [2.45, 2.75) is 51.6 Å². The average Bonchev–Trinajstić information content (AvgIpc) is 3.00. The third kappa shape index (κ3) is 7.95. The minimum absolute atomic E-state index is 0.0832. The molecule has 0 aliphatic rings. The molecular weight excluding hydrogens is 638 g/mol. The first-order valence-electron chi connectivity index (χ1n) is 14.5. The summed E-state index contributed by atoms with van der Waals surface area (Å²) in [6.45, 7) is 7.47. The van der Waals surface area contributed by atoms with Gasteiger partial charge >= 0.3 is 0 Å².